The number of rotatable bonds is 4. The largest absolute Gasteiger partial charge is 0.353 e. The lowest BCUT2D eigenvalue weighted by Crippen LogP contribution is -2.50. The summed E-state index contributed by atoms with van der Waals surface area (Å²) in [6, 6.07) is 10.5. The van der Waals surface area contributed by atoms with Crippen LogP contribution < -0.4 is 5.32 Å². The lowest BCUT2D eigenvalue weighted by atomic mass is 9.96. The summed E-state index contributed by atoms with van der Waals surface area (Å²) < 4.78 is 0.579. The van der Waals surface area contributed by atoms with Crippen molar-refractivity contribution in [3.05, 3.63) is 75.3 Å². The van der Waals surface area contributed by atoms with E-state index in [0.717, 1.165) is 43.9 Å². The van der Waals surface area contributed by atoms with E-state index in [0.29, 0.717) is 22.2 Å². The fourth-order valence-electron chi connectivity index (χ4n) is 5.20. The van der Waals surface area contributed by atoms with Gasteiger partial charge in [-0.05, 0) is 69.0 Å². The van der Waals surface area contributed by atoms with Crippen LogP contribution >= 0.6 is 12.2 Å². The van der Waals surface area contributed by atoms with E-state index in [9.17, 15) is 4.79 Å². The maximum Gasteiger partial charge on any atom is 0.254 e. The average molecular weight is 475 g/mol. The quantitative estimate of drug-likeness (QED) is 0.524. The van der Waals surface area contributed by atoms with Crippen molar-refractivity contribution in [3.8, 4) is 0 Å². The van der Waals surface area contributed by atoms with E-state index in [1.807, 2.05) is 11.1 Å². The molecule has 1 saturated heterocycles. The summed E-state index contributed by atoms with van der Waals surface area (Å²) >= 11 is 5.18. The highest BCUT2D eigenvalue weighted by molar-refractivity contribution is 7.71. The second kappa shape index (κ2) is 9.27. The van der Waals surface area contributed by atoms with Crippen LogP contribution in [0, 0.1) is 18.5 Å². The highest BCUT2D eigenvalue weighted by Gasteiger charge is 2.35. The molecule has 0 bridgehead atoms. The Kier molecular flexibility index (Phi) is 6.18. The standard InChI is InChI=1S/C26H30N6OS/c1-16-8-17(2)10-21(9-16)29-26-28-13-20-14-31(15-23(20)30-26)22-5-7-32(18(3)11-22)25(33)19-4-6-27-24(34)12-19/h4,6,8-10,12-13,18,22H,5,7,11,14-15H2,1-3H3,(H,27,34)(H,28,29,30)/t18-,22-/m1/s1. The zero-order valence-corrected chi connectivity index (χ0v) is 20.7. The van der Waals surface area contributed by atoms with Gasteiger partial charge in [0, 0.05) is 60.9 Å². The summed E-state index contributed by atoms with van der Waals surface area (Å²) in [6.07, 6.45) is 5.58. The highest BCUT2D eigenvalue weighted by Crippen LogP contribution is 2.30. The number of carbonyl (C=O) groups excluding carboxylic acids is 1. The molecule has 2 N–H and O–H groups in total. The molecule has 8 heteroatoms. The second-order valence-corrected chi connectivity index (χ2v) is 9.98. The van der Waals surface area contributed by atoms with Gasteiger partial charge in [-0.1, -0.05) is 18.3 Å². The first-order chi connectivity index (χ1) is 16.4. The molecule has 4 heterocycles. The molecule has 0 spiro atoms. The maximum atomic E-state index is 13.0. The van der Waals surface area contributed by atoms with Crippen molar-refractivity contribution in [1.29, 1.82) is 0 Å². The van der Waals surface area contributed by atoms with Crippen molar-refractivity contribution in [2.75, 3.05) is 11.9 Å². The molecule has 2 aliphatic heterocycles. The van der Waals surface area contributed by atoms with Crippen molar-refractivity contribution in [2.45, 2.75) is 58.8 Å². The van der Waals surface area contributed by atoms with E-state index in [1.165, 1.54) is 16.7 Å². The molecule has 0 saturated carbocycles. The lowest BCUT2D eigenvalue weighted by molar-refractivity contribution is 0.0460. The van der Waals surface area contributed by atoms with Gasteiger partial charge in [0.15, 0.2) is 0 Å². The number of nitrogens with zero attached hydrogens (tertiary/aromatic N) is 4. The first kappa shape index (κ1) is 22.7. The monoisotopic (exact) mass is 474 g/mol. The minimum absolute atomic E-state index is 0.0590. The molecule has 7 nitrogen and oxygen atoms in total. The van der Waals surface area contributed by atoms with Gasteiger partial charge in [0.25, 0.3) is 5.91 Å². The van der Waals surface area contributed by atoms with Crippen LogP contribution in [0.25, 0.3) is 0 Å². The third-order valence-electron chi connectivity index (χ3n) is 6.81. The minimum atomic E-state index is 0.0590. The summed E-state index contributed by atoms with van der Waals surface area (Å²) in [5.41, 5.74) is 6.37. The predicted molar refractivity (Wildman–Crippen MR) is 136 cm³/mol. The number of carbonyl (C=O) groups is 1. The van der Waals surface area contributed by atoms with Crippen LogP contribution in [-0.2, 0) is 13.1 Å². The number of anilines is 2. The van der Waals surface area contributed by atoms with Gasteiger partial charge in [0.1, 0.15) is 4.64 Å². The topological polar surface area (TPSA) is 77.2 Å². The van der Waals surface area contributed by atoms with Crippen LogP contribution in [0.4, 0.5) is 11.6 Å². The molecule has 2 aromatic heterocycles. The molecule has 0 unspecified atom stereocenters. The Morgan fingerprint density at radius 3 is 2.71 bits per heavy atom. The van der Waals surface area contributed by atoms with Gasteiger partial charge in [-0.25, -0.2) is 9.97 Å². The van der Waals surface area contributed by atoms with Crippen molar-refractivity contribution in [2.24, 2.45) is 0 Å². The Balaban J connectivity index is 1.23. The molecule has 176 valence electrons. The number of piperidine rings is 1. The van der Waals surface area contributed by atoms with Crippen molar-refractivity contribution in [1.82, 2.24) is 24.8 Å². The average Bonchev–Trinajstić information content (AvgIpc) is 3.21. The normalized spacial score (nSPS) is 20.3. The van der Waals surface area contributed by atoms with E-state index >= 15 is 0 Å². The van der Waals surface area contributed by atoms with Gasteiger partial charge in [0.05, 0.1) is 5.69 Å². The molecule has 1 fully saturated rings. The van der Waals surface area contributed by atoms with Crippen LogP contribution in [0.3, 0.4) is 0 Å². The minimum Gasteiger partial charge on any atom is -0.353 e. The number of aryl methyl sites for hydroxylation is 2. The van der Waals surface area contributed by atoms with Crippen molar-refractivity contribution in [3.63, 3.8) is 0 Å². The number of H-pyrrole nitrogens is 1. The molecule has 2 aliphatic rings. The molecular formula is C26H30N6OS. The molecule has 3 aromatic rings. The van der Waals surface area contributed by atoms with E-state index < -0.39 is 0 Å². The van der Waals surface area contributed by atoms with Gasteiger partial charge >= 0.3 is 0 Å². The molecule has 34 heavy (non-hydrogen) atoms. The molecule has 1 aromatic carbocycles. The Hall–Kier alpha value is -3.10. The fraction of sp³-hybridized carbons (Fsp3) is 0.385. The van der Waals surface area contributed by atoms with E-state index in [4.69, 9.17) is 17.2 Å². The van der Waals surface area contributed by atoms with Crippen molar-refractivity contribution >= 4 is 29.8 Å². The second-order valence-electron chi connectivity index (χ2n) is 9.54. The van der Waals surface area contributed by atoms with Crippen LogP contribution in [0.1, 0.15) is 52.5 Å². The number of aromatic amines is 1. The first-order valence-electron chi connectivity index (χ1n) is 11.8. The zero-order chi connectivity index (χ0) is 23.8. The molecule has 0 radical (unpaired) electrons. The summed E-state index contributed by atoms with van der Waals surface area (Å²) in [5.74, 6) is 0.698. The number of pyridine rings is 1. The first-order valence-corrected chi connectivity index (χ1v) is 12.2. The molecule has 5 rings (SSSR count). The third kappa shape index (κ3) is 4.74. The van der Waals surface area contributed by atoms with Gasteiger partial charge in [-0.2, -0.15) is 0 Å². The third-order valence-corrected chi connectivity index (χ3v) is 7.04. The number of benzene rings is 1. The number of likely N-dealkylation sites (tertiary alicyclic amines) is 1. The van der Waals surface area contributed by atoms with Gasteiger partial charge in [-0.3, -0.25) is 9.69 Å². The number of amides is 1. The molecule has 1 amide bonds. The Morgan fingerprint density at radius 1 is 1.18 bits per heavy atom. The summed E-state index contributed by atoms with van der Waals surface area (Å²) in [6.45, 7) is 8.75. The van der Waals surface area contributed by atoms with Crippen LogP contribution in [0.5, 0.6) is 0 Å². The zero-order valence-electron chi connectivity index (χ0n) is 19.8. The van der Waals surface area contributed by atoms with E-state index in [-0.39, 0.29) is 11.9 Å². The van der Waals surface area contributed by atoms with Crippen LogP contribution in [0.15, 0.2) is 42.7 Å². The van der Waals surface area contributed by atoms with Crippen molar-refractivity contribution < 1.29 is 4.79 Å². The Labute approximate surface area is 205 Å². The summed E-state index contributed by atoms with van der Waals surface area (Å²) in [7, 11) is 0. The maximum absolute atomic E-state index is 13.0. The number of fused-ring (bicyclic) bond motifs is 1. The SMILES string of the molecule is Cc1cc(C)cc(Nc2ncc3c(n2)CN([C@@H]2CCN(C(=O)c4cc[nH]c(=S)c4)[C@H](C)C2)C3)c1. The fourth-order valence-corrected chi connectivity index (χ4v) is 5.39. The number of nitrogens with one attached hydrogen (secondary N) is 2. The van der Waals surface area contributed by atoms with Gasteiger partial charge in [-0.15, -0.1) is 0 Å². The lowest BCUT2D eigenvalue weighted by Gasteiger charge is -2.41. The number of hydrogen-bond acceptors (Lipinski definition) is 6. The molecular weight excluding hydrogens is 444 g/mol. The Morgan fingerprint density at radius 2 is 1.97 bits per heavy atom. The summed E-state index contributed by atoms with van der Waals surface area (Å²) in [5, 5.41) is 3.36. The van der Waals surface area contributed by atoms with E-state index in [2.05, 4.69) is 59.2 Å². The number of aromatic nitrogens is 3. The van der Waals surface area contributed by atoms with E-state index in [1.54, 1.807) is 18.3 Å². The molecule has 2 atom stereocenters. The van der Waals surface area contributed by atoms with Crippen LogP contribution in [-0.4, -0.2) is 49.3 Å². The van der Waals surface area contributed by atoms with Gasteiger partial charge < -0.3 is 15.2 Å². The smallest absolute Gasteiger partial charge is 0.254 e. The molecule has 0 aliphatic carbocycles. The highest BCUT2D eigenvalue weighted by atomic mass is 32.1. The Bertz CT molecular complexity index is 1270. The number of hydrogen-bond donors (Lipinski definition) is 2. The predicted octanol–water partition coefficient (Wildman–Crippen LogP) is 4.90. The van der Waals surface area contributed by atoms with Gasteiger partial charge in [0.2, 0.25) is 5.95 Å². The summed E-state index contributed by atoms with van der Waals surface area (Å²) in [4.78, 5) is 29.8. The van der Waals surface area contributed by atoms with Crippen LogP contribution in [0.2, 0.25) is 0 Å².